The predicted octanol–water partition coefficient (Wildman–Crippen LogP) is 3.22. The van der Waals surface area contributed by atoms with Gasteiger partial charge in [-0.2, -0.15) is 0 Å². The number of benzene rings is 2. The van der Waals surface area contributed by atoms with Gasteiger partial charge in [-0.1, -0.05) is 42.1 Å². The second-order valence-corrected chi connectivity index (χ2v) is 7.22. The van der Waals surface area contributed by atoms with Gasteiger partial charge in [-0.05, 0) is 31.2 Å². The summed E-state index contributed by atoms with van der Waals surface area (Å²) in [6.07, 6.45) is 0. The van der Waals surface area contributed by atoms with Gasteiger partial charge in [0.2, 0.25) is 5.91 Å². The van der Waals surface area contributed by atoms with Gasteiger partial charge in [0, 0.05) is 11.9 Å². The van der Waals surface area contributed by atoms with Crippen molar-refractivity contribution >= 4 is 28.6 Å². The molecule has 0 saturated heterocycles. The number of rotatable bonds is 2. The first kappa shape index (κ1) is 15.9. The standard InChI is InChI=1S/C19H17N3O2S/c1-12-17(23)21(2)19(25-13-8-4-3-5-9-13)16-20-15-11-7-6-10-14(15)18(24)22(12)16/h3-12,19H,1-2H3/t12-,19+/m0/s1. The third-order valence-corrected chi connectivity index (χ3v) is 5.79. The molecule has 1 amide bonds. The second-order valence-electron chi connectivity index (χ2n) is 6.07. The fraction of sp³-hybridized carbons (Fsp3) is 0.211. The molecule has 0 N–H and O–H groups in total. The average molecular weight is 351 g/mol. The first-order chi connectivity index (χ1) is 12.1. The SMILES string of the molecule is C[C@H]1C(=O)N(C)[C@H](Sc2ccccc2)c2nc3ccccc3c(=O)n21. The van der Waals surface area contributed by atoms with Crippen LogP contribution in [-0.4, -0.2) is 27.4 Å². The molecule has 0 unspecified atom stereocenters. The number of fused-ring (bicyclic) bond motifs is 2. The minimum absolute atomic E-state index is 0.0832. The van der Waals surface area contributed by atoms with Crippen molar-refractivity contribution in [1.82, 2.24) is 14.5 Å². The molecule has 0 radical (unpaired) electrons. The molecule has 1 aliphatic heterocycles. The number of thioether (sulfide) groups is 1. The van der Waals surface area contributed by atoms with Gasteiger partial charge in [-0.15, -0.1) is 0 Å². The van der Waals surface area contributed by atoms with Gasteiger partial charge >= 0.3 is 0 Å². The Morgan fingerprint density at radius 3 is 2.44 bits per heavy atom. The van der Waals surface area contributed by atoms with Crippen LogP contribution in [0.4, 0.5) is 0 Å². The lowest BCUT2D eigenvalue weighted by Gasteiger charge is -2.37. The molecule has 0 spiro atoms. The number of nitrogens with zero attached hydrogens (tertiary/aromatic N) is 3. The van der Waals surface area contributed by atoms with Gasteiger partial charge in [-0.3, -0.25) is 14.2 Å². The zero-order valence-electron chi connectivity index (χ0n) is 13.9. The molecule has 1 aliphatic rings. The smallest absolute Gasteiger partial charge is 0.262 e. The summed E-state index contributed by atoms with van der Waals surface area (Å²) in [4.78, 5) is 33.1. The summed E-state index contributed by atoms with van der Waals surface area (Å²) in [5.74, 6) is 0.535. The molecule has 126 valence electrons. The van der Waals surface area contributed by atoms with E-state index in [2.05, 4.69) is 0 Å². The summed E-state index contributed by atoms with van der Waals surface area (Å²) in [6, 6.07) is 16.6. The van der Waals surface area contributed by atoms with Gasteiger partial charge in [0.25, 0.3) is 5.56 Å². The third-order valence-electron chi connectivity index (χ3n) is 4.49. The Labute approximate surface area is 149 Å². The monoisotopic (exact) mass is 351 g/mol. The molecule has 0 fully saturated rings. The maximum Gasteiger partial charge on any atom is 0.262 e. The van der Waals surface area contributed by atoms with Crippen LogP contribution in [0.3, 0.4) is 0 Å². The molecular formula is C19H17N3O2S. The van der Waals surface area contributed by atoms with Gasteiger partial charge in [0.1, 0.15) is 17.2 Å². The van der Waals surface area contributed by atoms with Crippen molar-refractivity contribution in [2.75, 3.05) is 7.05 Å². The lowest BCUT2D eigenvalue weighted by atomic mass is 10.1. The van der Waals surface area contributed by atoms with E-state index < -0.39 is 6.04 Å². The highest BCUT2D eigenvalue weighted by molar-refractivity contribution is 7.99. The van der Waals surface area contributed by atoms with Crippen molar-refractivity contribution in [1.29, 1.82) is 0 Å². The molecule has 3 aromatic rings. The zero-order valence-corrected chi connectivity index (χ0v) is 14.7. The summed E-state index contributed by atoms with van der Waals surface area (Å²) in [6.45, 7) is 1.75. The van der Waals surface area contributed by atoms with Crippen LogP contribution in [-0.2, 0) is 4.79 Å². The molecule has 2 aromatic carbocycles. The van der Waals surface area contributed by atoms with Crippen LogP contribution in [0, 0.1) is 0 Å². The molecule has 2 atom stereocenters. The van der Waals surface area contributed by atoms with Crippen molar-refractivity contribution in [3.63, 3.8) is 0 Å². The maximum atomic E-state index is 13.0. The second kappa shape index (κ2) is 6.04. The highest BCUT2D eigenvalue weighted by atomic mass is 32.2. The molecular weight excluding hydrogens is 334 g/mol. The van der Waals surface area contributed by atoms with Crippen LogP contribution in [0.25, 0.3) is 10.9 Å². The summed E-state index contributed by atoms with van der Waals surface area (Å²) in [7, 11) is 1.77. The molecule has 4 rings (SSSR count). The van der Waals surface area contributed by atoms with Crippen LogP contribution >= 0.6 is 11.8 Å². The summed E-state index contributed by atoms with van der Waals surface area (Å²) in [5, 5.41) is 0.197. The van der Waals surface area contributed by atoms with Crippen LogP contribution in [0.2, 0.25) is 0 Å². The highest BCUT2D eigenvalue weighted by Gasteiger charge is 2.38. The summed E-state index contributed by atoms with van der Waals surface area (Å²) in [5.41, 5.74) is 0.501. The Kier molecular flexibility index (Phi) is 3.84. The Bertz CT molecular complexity index is 1020. The van der Waals surface area contributed by atoms with Crippen LogP contribution < -0.4 is 5.56 Å². The van der Waals surface area contributed by atoms with E-state index in [0.29, 0.717) is 16.7 Å². The zero-order chi connectivity index (χ0) is 17.6. The Morgan fingerprint density at radius 2 is 1.68 bits per heavy atom. The number of para-hydroxylation sites is 1. The molecule has 25 heavy (non-hydrogen) atoms. The molecule has 5 nitrogen and oxygen atoms in total. The normalized spacial score (nSPS) is 19.9. The number of hydrogen-bond donors (Lipinski definition) is 0. The Balaban J connectivity index is 1.94. The molecule has 6 heteroatoms. The predicted molar refractivity (Wildman–Crippen MR) is 98.5 cm³/mol. The van der Waals surface area contributed by atoms with E-state index in [1.165, 1.54) is 11.8 Å². The van der Waals surface area contributed by atoms with E-state index in [4.69, 9.17) is 4.98 Å². The topological polar surface area (TPSA) is 55.2 Å². The number of likely N-dealkylation sites (N-methyl/N-ethyl adjacent to an activating group) is 1. The van der Waals surface area contributed by atoms with Crippen molar-refractivity contribution < 1.29 is 4.79 Å². The lowest BCUT2D eigenvalue weighted by molar-refractivity contribution is -0.135. The number of aromatic nitrogens is 2. The molecule has 1 aromatic heterocycles. The largest absolute Gasteiger partial charge is 0.324 e. The summed E-state index contributed by atoms with van der Waals surface area (Å²) < 4.78 is 1.55. The first-order valence-electron chi connectivity index (χ1n) is 8.07. The van der Waals surface area contributed by atoms with Crippen molar-refractivity contribution in [3.05, 3.63) is 70.8 Å². The third kappa shape index (κ3) is 2.53. The lowest BCUT2D eigenvalue weighted by Crippen LogP contribution is -2.46. The fourth-order valence-electron chi connectivity index (χ4n) is 3.17. The van der Waals surface area contributed by atoms with E-state index >= 15 is 0 Å². The molecule has 0 aliphatic carbocycles. The van der Waals surface area contributed by atoms with Crippen LogP contribution in [0.1, 0.15) is 24.2 Å². The fourth-order valence-corrected chi connectivity index (χ4v) is 4.27. The van der Waals surface area contributed by atoms with Gasteiger partial charge < -0.3 is 4.90 Å². The first-order valence-corrected chi connectivity index (χ1v) is 8.95. The summed E-state index contributed by atoms with van der Waals surface area (Å²) >= 11 is 1.52. The molecule has 0 saturated carbocycles. The number of carbonyl (C=O) groups is 1. The molecule has 0 bridgehead atoms. The van der Waals surface area contributed by atoms with E-state index in [-0.39, 0.29) is 16.8 Å². The highest BCUT2D eigenvalue weighted by Crippen LogP contribution is 2.40. The van der Waals surface area contributed by atoms with E-state index in [0.717, 1.165) is 4.90 Å². The van der Waals surface area contributed by atoms with Gasteiger partial charge in [0.15, 0.2) is 0 Å². The number of amides is 1. The van der Waals surface area contributed by atoms with Crippen molar-refractivity contribution in [2.24, 2.45) is 0 Å². The Morgan fingerprint density at radius 1 is 1.00 bits per heavy atom. The maximum absolute atomic E-state index is 13.0. The average Bonchev–Trinajstić information content (AvgIpc) is 2.64. The quantitative estimate of drug-likeness (QED) is 0.711. The van der Waals surface area contributed by atoms with E-state index in [1.54, 1.807) is 29.5 Å². The van der Waals surface area contributed by atoms with Crippen molar-refractivity contribution in [2.45, 2.75) is 23.2 Å². The van der Waals surface area contributed by atoms with Crippen molar-refractivity contribution in [3.8, 4) is 0 Å². The van der Waals surface area contributed by atoms with E-state index in [9.17, 15) is 9.59 Å². The van der Waals surface area contributed by atoms with Crippen LogP contribution in [0.15, 0.2) is 64.3 Å². The van der Waals surface area contributed by atoms with Gasteiger partial charge in [-0.25, -0.2) is 4.98 Å². The number of carbonyl (C=O) groups excluding carboxylic acids is 1. The van der Waals surface area contributed by atoms with Gasteiger partial charge in [0.05, 0.1) is 10.9 Å². The van der Waals surface area contributed by atoms with E-state index in [1.807, 2.05) is 48.5 Å². The van der Waals surface area contributed by atoms with Crippen LogP contribution in [0.5, 0.6) is 0 Å². The Hall–Kier alpha value is -2.60. The number of hydrogen-bond acceptors (Lipinski definition) is 4. The minimum Gasteiger partial charge on any atom is -0.324 e. The molecule has 2 heterocycles. The minimum atomic E-state index is -0.558.